The van der Waals surface area contributed by atoms with Crippen molar-refractivity contribution in [2.24, 2.45) is 11.8 Å². The fraction of sp³-hybridized carbons (Fsp3) is 1.00. The summed E-state index contributed by atoms with van der Waals surface area (Å²) in [7, 11) is 3.56. The zero-order valence-corrected chi connectivity index (χ0v) is 11.8. The van der Waals surface area contributed by atoms with E-state index in [9.17, 15) is 0 Å². The lowest BCUT2D eigenvalue weighted by molar-refractivity contribution is 0.00526. The molecule has 0 N–H and O–H groups in total. The van der Waals surface area contributed by atoms with Gasteiger partial charge < -0.3 is 9.47 Å². The van der Waals surface area contributed by atoms with Gasteiger partial charge in [-0.15, -0.1) is 0 Å². The molecular weight excluding hydrogens is 200 g/mol. The predicted octanol–water partition coefficient (Wildman–Crippen LogP) is 3.89. The van der Waals surface area contributed by atoms with E-state index in [4.69, 9.17) is 9.47 Å². The monoisotopic (exact) mass is 230 g/mol. The molecular formula is C14H30O2. The van der Waals surface area contributed by atoms with Crippen LogP contribution in [-0.2, 0) is 9.47 Å². The van der Waals surface area contributed by atoms with Gasteiger partial charge in [0.2, 0.25) is 0 Å². The SMILES string of the molecule is CCCOC.COC1CCCCC1C(C)C. The van der Waals surface area contributed by atoms with Crippen LogP contribution in [0.2, 0.25) is 0 Å². The van der Waals surface area contributed by atoms with Crippen molar-refractivity contribution in [2.45, 2.75) is 59.0 Å². The predicted molar refractivity (Wildman–Crippen MR) is 69.8 cm³/mol. The first kappa shape index (κ1) is 15.9. The lowest BCUT2D eigenvalue weighted by Crippen LogP contribution is -2.30. The molecule has 98 valence electrons. The number of rotatable bonds is 4. The molecule has 0 aromatic carbocycles. The van der Waals surface area contributed by atoms with E-state index in [2.05, 4.69) is 20.8 Å². The van der Waals surface area contributed by atoms with E-state index >= 15 is 0 Å². The third-order valence-electron chi connectivity index (χ3n) is 3.32. The molecule has 1 rings (SSSR count). The Morgan fingerprint density at radius 2 is 1.75 bits per heavy atom. The van der Waals surface area contributed by atoms with Crippen LogP contribution in [0, 0.1) is 11.8 Å². The molecule has 0 aromatic heterocycles. The van der Waals surface area contributed by atoms with E-state index in [1.165, 1.54) is 25.7 Å². The second-order valence-electron chi connectivity index (χ2n) is 4.96. The maximum absolute atomic E-state index is 5.47. The molecule has 1 aliphatic rings. The Kier molecular flexibility index (Phi) is 10.0. The Balaban J connectivity index is 0.000000385. The van der Waals surface area contributed by atoms with Gasteiger partial charge >= 0.3 is 0 Å². The molecule has 0 heterocycles. The van der Waals surface area contributed by atoms with E-state index in [1.54, 1.807) is 7.11 Å². The van der Waals surface area contributed by atoms with Crippen LogP contribution < -0.4 is 0 Å². The van der Waals surface area contributed by atoms with E-state index in [1.807, 2.05) is 7.11 Å². The minimum atomic E-state index is 0.545. The first-order valence-corrected chi connectivity index (χ1v) is 6.69. The summed E-state index contributed by atoms with van der Waals surface area (Å²) in [6.07, 6.45) is 7.08. The summed E-state index contributed by atoms with van der Waals surface area (Å²) in [5.74, 6) is 1.61. The maximum atomic E-state index is 5.47. The van der Waals surface area contributed by atoms with Crippen LogP contribution in [0.1, 0.15) is 52.9 Å². The van der Waals surface area contributed by atoms with Gasteiger partial charge in [0.1, 0.15) is 0 Å². The summed E-state index contributed by atoms with van der Waals surface area (Å²) in [6.45, 7) is 7.59. The quantitative estimate of drug-likeness (QED) is 0.729. The van der Waals surface area contributed by atoms with Crippen molar-refractivity contribution in [3.8, 4) is 0 Å². The highest BCUT2D eigenvalue weighted by Gasteiger charge is 2.26. The van der Waals surface area contributed by atoms with Crippen LogP contribution in [0.4, 0.5) is 0 Å². The minimum absolute atomic E-state index is 0.545. The molecule has 1 fully saturated rings. The van der Waals surface area contributed by atoms with Crippen molar-refractivity contribution in [3.05, 3.63) is 0 Å². The van der Waals surface area contributed by atoms with Crippen molar-refractivity contribution in [1.82, 2.24) is 0 Å². The summed E-state index contributed by atoms with van der Waals surface area (Å²) < 4.78 is 10.2. The average molecular weight is 230 g/mol. The smallest absolute Gasteiger partial charge is 0.0601 e. The summed E-state index contributed by atoms with van der Waals surface area (Å²) in [5.41, 5.74) is 0. The number of methoxy groups -OCH3 is 2. The largest absolute Gasteiger partial charge is 0.385 e. The fourth-order valence-electron chi connectivity index (χ4n) is 2.38. The molecule has 0 saturated heterocycles. The lowest BCUT2D eigenvalue weighted by atomic mass is 9.79. The lowest BCUT2D eigenvalue weighted by Gasteiger charge is -2.33. The molecule has 0 aromatic rings. The van der Waals surface area contributed by atoms with Crippen LogP contribution in [0.15, 0.2) is 0 Å². The molecule has 16 heavy (non-hydrogen) atoms. The van der Waals surface area contributed by atoms with Crippen molar-refractivity contribution < 1.29 is 9.47 Å². The third-order valence-corrected chi connectivity index (χ3v) is 3.32. The number of hydrogen-bond donors (Lipinski definition) is 0. The van der Waals surface area contributed by atoms with Crippen LogP contribution in [0.25, 0.3) is 0 Å². The highest BCUT2D eigenvalue weighted by Crippen LogP contribution is 2.31. The summed E-state index contributed by atoms with van der Waals surface area (Å²) in [6, 6.07) is 0. The van der Waals surface area contributed by atoms with Gasteiger partial charge in [-0.3, -0.25) is 0 Å². The van der Waals surface area contributed by atoms with Crippen LogP contribution in [0.5, 0.6) is 0 Å². The number of ether oxygens (including phenoxy) is 2. The Labute approximate surface area is 102 Å². The van der Waals surface area contributed by atoms with E-state index in [-0.39, 0.29) is 0 Å². The highest BCUT2D eigenvalue weighted by atomic mass is 16.5. The summed E-state index contributed by atoms with van der Waals surface area (Å²) in [5, 5.41) is 0. The molecule has 0 bridgehead atoms. The first-order valence-electron chi connectivity index (χ1n) is 6.69. The van der Waals surface area contributed by atoms with Gasteiger partial charge in [0.15, 0.2) is 0 Å². The Morgan fingerprint density at radius 3 is 2.06 bits per heavy atom. The normalized spacial score (nSPS) is 25.1. The van der Waals surface area contributed by atoms with Gasteiger partial charge in [0.05, 0.1) is 6.10 Å². The van der Waals surface area contributed by atoms with Crippen LogP contribution >= 0.6 is 0 Å². The van der Waals surface area contributed by atoms with Crippen molar-refractivity contribution >= 4 is 0 Å². The van der Waals surface area contributed by atoms with Gasteiger partial charge in [-0.2, -0.15) is 0 Å². The second-order valence-corrected chi connectivity index (χ2v) is 4.96. The first-order chi connectivity index (χ1) is 7.67. The average Bonchev–Trinajstić information content (AvgIpc) is 2.31. The van der Waals surface area contributed by atoms with E-state index in [0.717, 1.165) is 24.9 Å². The summed E-state index contributed by atoms with van der Waals surface area (Å²) >= 11 is 0. The topological polar surface area (TPSA) is 18.5 Å². The van der Waals surface area contributed by atoms with E-state index < -0.39 is 0 Å². The Morgan fingerprint density at radius 1 is 1.12 bits per heavy atom. The molecule has 2 atom stereocenters. The fourth-order valence-corrected chi connectivity index (χ4v) is 2.38. The maximum Gasteiger partial charge on any atom is 0.0601 e. The van der Waals surface area contributed by atoms with Crippen molar-refractivity contribution in [1.29, 1.82) is 0 Å². The molecule has 2 heteroatoms. The standard InChI is InChI=1S/C10H20O.C4H10O/c1-8(2)9-6-4-5-7-10(9)11-3;1-3-4-5-2/h8-10H,4-7H2,1-3H3;3-4H2,1-2H3. The molecule has 2 unspecified atom stereocenters. The van der Waals surface area contributed by atoms with Crippen molar-refractivity contribution in [2.75, 3.05) is 20.8 Å². The zero-order valence-electron chi connectivity index (χ0n) is 11.8. The molecule has 0 spiro atoms. The van der Waals surface area contributed by atoms with Gasteiger partial charge in [-0.25, -0.2) is 0 Å². The second kappa shape index (κ2) is 10.1. The molecule has 1 aliphatic carbocycles. The minimum Gasteiger partial charge on any atom is -0.385 e. The molecule has 0 amide bonds. The molecule has 0 aliphatic heterocycles. The van der Waals surface area contributed by atoms with Gasteiger partial charge in [0, 0.05) is 20.8 Å². The van der Waals surface area contributed by atoms with Gasteiger partial charge in [-0.1, -0.05) is 33.6 Å². The number of hydrogen-bond acceptors (Lipinski definition) is 2. The molecule has 1 saturated carbocycles. The van der Waals surface area contributed by atoms with Crippen LogP contribution in [0.3, 0.4) is 0 Å². The van der Waals surface area contributed by atoms with Crippen molar-refractivity contribution in [3.63, 3.8) is 0 Å². The Bertz CT molecular complexity index is 144. The van der Waals surface area contributed by atoms with Gasteiger partial charge in [0.25, 0.3) is 0 Å². The summed E-state index contributed by atoms with van der Waals surface area (Å²) in [4.78, 5) is 0. The third kappa shape index (κ3) is 6.49. The molecule has 0 radical (unpaired) electrons. The van der Waals surface area contributed by atoms with E-state index in [0.29, 0.717) is 6.10 Å². The molecule has 2 nitrogen and oxygen atoms in total. The zero-order chi connectivity index (χ0) is 12.4. The highest BCUT2D eigenvalue weighted by molar-refractivity contribution is 4.77. The Hall–Kier alpha value is -0.0800. The van der Waals surface area contributed by atoms with Gasteiger partial charge in [-0.05, 0) is 31.1 Å². The van der Waals surface area contributed by atoms with Crippen LogP contribution in [-0.4, -0.2) is 26.9 Å².